The minimum Gasteiger partial charge on any atom is -0.386 e. The first kappa shape index (κ1) is 10.0. The standard InChI is InChI=1S/C10H13N3O2/c1-2-10(15)5-13(6-10)9(14)8-3-11-7-12-4-8/h3-4,7,15H,2,5-6H2,1H3. The van der Waals surface area contributed by atoms with E-state index in [1.807, 2.05) is 6.92 Å². The highest BCUT2D eigenvalue weighted by molar-refractivity contribution is 5.94. The van der Waals surface area contributed by atoms with Crippen molar-refractivity contribution in [1.82, 2.24) is 14.9 Å². The van der Waals surface area contributed by atoms with Crippen LogP contribution in [0.3, 0.4) is 0 Å². The largest absolute Gasteiger partial charge is 0.386 e. The predicted octanol–water partition coefficient (Wildman–Crippen LogP) is 0.0735. The maximum atomic E-state index is 11.8. The molecule has 1 aromatic rings. The number of aromatic nitrogens is 2. The molecule has 0 atom stereocenters. The van der Waals surface area contributed by atoms with E-state index in [1.54, 1.807) is 4.90 Å². The molecule has 2 heterocycles. The first-order valence-corrected chi connectivity index (χ1v) is 4.91. The van der Waals surface area contributed by atoms with E-state index in [0.29, 0.717) is 25.1 Å². The van der Waals surface area contributed by atoms with E-state index in [0.717, 1.165) is 0 Å². The fraction of sp³-hybridized carbons (Fsp3) is 0.500. The lowest BCUT2D eigenvalue weighted by Gasteiger charge is -2.46. The van der Waals surface area contributed by atoms with Crippen LogP contribution in [0, 0.1) is 0 Å². The zero-order chi connectivity index (χ0) is 10.9. The third-order valence-corrected chi connectivity index (χ3v) is 2.72. The molecule has 0 unspecified atom stereocenters. The second-order valence-electron chi connectivity index (χ2n) is 3.87. The van der Waals surface area contributed by atoms with Crippen molar-refractivity contribution < 1.29 is 9.90 Å². The summed E-state index contributed by atoms with van der Waals surface area (Å²) in [5.41, 5.74) is -0.221. The molecule has 15 heavy (non-hydrogen) atoms. The summed E-state index contributed by atoms with van der Waals surface area (Å²) >= 11 is 0. The summed E-state index contributed by atoms with van der Waals surface area (Å²) < 4.78 is 0. The summed E-state index contributed by atoms with van der Waals surface area (Å²) in [7, 11) is 0. The topological polar surface area (TPSA) is 66.3 Å². The lowest BCUT2D eigenvalue weighted by molar-refractivity contribution is -0.0826. The minimum atomic E-state index is -0.689. The predicted molar refractivity (Wildman–Crippen MR) is 53.2 cm³/mol. The van der Waals surface area contributed by atoms with E-state index in [4.69, 9.17) is 0 Å². The van der Waals surface area contributed by atoms with Gasteiger partial charge in [0.15, 0.2) is 0 Å². The lowest BCUT2D eigenvalue weighted by atomic mass is 9.91. The number of amides is 1. The molecule has 1 aromatic heterocycles. The Balaban J connectivity index is 2.01. The Morgan fingerprint density at radius 1 is 1.53 bits per heavy atom. The molecule has 2 rings (SSSR count). The van der Waals surface area contributed by atoms with Gasteiger partial charge in [-0.15, -0.1) is 0 Å². The number of carbonyl (C=O) groups excluding carboxylic acids is 1. The Labute approximate surface area is 87.8 Å². The van der Waals surface area contributed by atoms with Crippen LogP contribution in [0.5, 0.6) is 0 Å². The molecule has 1 N–H and O–H groups in total. The number of β-amino-alcohol motifs (C(OH)–C–C–N with tert-alkyl or cyclic N) is 1. The molecule has 1 saturated heterocycles. The van der Waals surface area contributed by atoms with Crippen LogP contribution in [0.25, 0.3) is 0 Å². The lowest BCUT2D eigenvalue weighted by Crippen LogP contribution is -2.63. The Bertz CT molecular complexity index is 360. The average Bonchev–Trinajstić information content (AvgIpc) is 2.25. The highest BCUT2D eigenvalue weighted by Gasteiger charge is 2.42. The van der Waals surface area contributed by atoms with E-state index in [-0.39, 0.29) is 5.91 Å². The van der Waals surface area contributed by atoms with Crippen molar-refractivity contribution in [1.29, 1.82) is 0 Å². The van der Waals surface area contributed by atoms with Gasteiger partial charge in [-0.1, -0.05) is 6.92 Å². The van der Waals surface area contributed by atoms with Gasteiger partial charge in [0.1, 0.15) is 6.33 Å². The van der Waals surface area contributed by atoms with Gasteiger partial charge in [-0.25, -0.2) is 9.97 Å². The van der Waals surface area contributed by atoms with E-state index < -0.39 is 5.60 Å². The summed E-state index contributed by atoms with van der Waals surface area (Å²) in [6.45, 7) is 2.71. The molecule has 80 valence electrons. The van der Waals surface area contributed by atoms with Crippen LogP contribution in [0.2, 0.25) is 0 Å². The molecule has 1 fully saturated rings. The molecular formula is C10H13N3O2. The van der Waals surface area contributed by atoms with Crippen LogP contribution < -0.4 is 0 Å². The summed E-state index contributed by atoms with van der Waals surface area (Å²) in [6.07, 6.45) is 5.02. The third-order valence-electron chi connectivity index (χ3n) is 2.72. The maximum Gasteiger partial charge on any atom is 0.257 e. The van der Waals surface area contributed by atoms with Crippen molar-refractivity contribution in [3.05, 3.63) is 24.3 Å². The molecule has 0 aromatic carbocycles. The Morgan fingerprint density at radius 3 is 2.67 bits per heavy atom. The number of hydrogen-bond acceptors (Lipinski definition) is 4. The van der Waals surface area contributed by atoms with Gasteiger partial charge >= 0.3 is 0 Å². The monoisotopic (exact) mass is 207 g/mol. The highest BCUT2D eigenvalue weighted by Crippen LogP contribution is 2.25. The molecule has 5 nitrogen and oxygen atoms in total. The average molecular weight is 207 g/mol. The van der Waals surface area contributed by atoms with Gasteiger partial charge in [-0.05, 0) is 6.42 Å². The normalized spacial score (nSPS) is 18.4. The van der Waals surface area contributed by atoms with Crippen molar-refractivity contribution in [2.45, 2.75) is 18.9 Å². The van der Waals surface area contributed by atoms with E-state index in [1.165, 1.54) is 18.7 Å². The zero-order valence-electron chi connectivity index (χ0n) is 8.55. The van der Waals surface area contributed by atoms with Gasteiger partial charge in [0.05, 0.1) is 24.3 Å². The maximum absolute atomic E-state index is 11.8. The van der Waals surface area contributed by atoms with Gasteiger partial charge < -0.3 is 10.0 Å². The number of likely N-dealkylation sites (tertiary alicyclic amines) is 1. The fourth-order valence-corrected chi connectivity index (χ4v) is 1.62. The summed E-state index contributed by atoms with van der Waals surface area (Å²) in [4.78, 5) is 20.9. The molecule has 0 bridgehead atoms. The molecule has 5 heteroatoms. The SMILES string of the molecule is CCC1(O)CN(C(=O)c2cncnc2)C1. The molecule has 1 aliphatic rings. The van der Waals surface area contributed by atoms with Crippen LogP contribution in [-0.4, -0.2) is 44.6 Å². The van der Waals surface area contributed by atoms with E-state index >= 15 is 0 Å². The molecule has 1 amide bonds. The fourth-order valence-electron chi connectivity index (χ4n) is 1.62. The summed E-state index contributed by atoms with van der Waals surface area (Å²) in [5, 5.41) is 9.76. The van der Waals surface area contributed by atoms with Crippen molar-refractivity contribution in [2.75, 3.05) is 13.1 Å². The first-order chi connectivity index (χ1) is 7.14. The number of hydrogen-bond donors (Lipinski definition) is 1. The van der Waals surface area contributed by atoms with Gasteiger partial charge in [-0.2, -0.15) is 0 Å². The van der Waals surface area contributed by atoms with Crippen LogP contribution in [0.1, 0.15) is 23.7 Å². The number of nitrogens with zero attached hydrogens (tertiary/aromatic N) is 3. The van der Waals surface area contributed by atoms with Gasteiger partial charge in [0.2, 0.25) is 0 Å². The second kappa shape index (κ2) is 3.58. The molecule has 0 saturated carbocycles. The molecule has 0 radical (unpaired) electrons. The Hall–Kier alpha value is -1.49. The summed E-state index contributed by atoms with van der Waals surface area (Å²) in [6, 6.07) is 0. The molecule has 1 aliphatic heterocycles. The number of aliphatic hydroxyl groups is 1. The van der Waals surface area contributed by atoms with Crippen molar-refractivity contribution >= 4 is 5.91 Å². The van der Waals surface area contributed by atoms with Crippen LogP contribution in [0.4, 0.5) is 0 Å². The zero-order valence-corrected chi connectivity index (χ0v) is 8.55. The molecular weight excluding hydrogens is 194 g/mol. The first-order valence-electron chi connectivity index (χ1n) is 4.91. The van der Waals surface area contributed by atoms with Crippen LogP contribution in [0.15, 0.2) is 18.7 Å². The smallest absolute Gasteiger partial charge is 0.257 e. The van der Waals surface area contributed by atoms with E-state index in [2.05, 4.69) is 9.97 Å². The second-order valence-corrected chi connectivity index (χ2v) is 3.87. The third kappa shape index (κ3) is 1.83. The minimum absolute atomic E-state index is 0.117. The van der Waals surface area contributed by atoms with Crippen molar-refractivity contribution in [3.63, 3.8) is 0 Å². The van der Waals surface area contributed by atoms with E-state index in [9.17, 15) is 9.90 Å². The quantitative estimate of drug-likeness (QED) is 0.745. The van der Waals surface area contributed by atoms with Crippen molar-refractivity contribution in [2.24, 2.45) is 0 Å². The number of carbonyl (C=O) groups is 1. The Kier molecular flexibility index (Phi) is 2.40. The van der Waals surface area contributed by atoms with Gasteiger partial charge in [0, 0.05) is 12.4 Å². The molecule has 0 aliphatic carbocycles. The summed E-state index contributed by atoms with van der Waals surface area (Å²) in [5.74, 6) is -0.117. The van der Waals surface area contributed by atoms with Crippen LogP contribution >= 0.6 is 0 Å². The Morgan fingerprint density at radius 2 is 2.13 bits per heavy atom. The highest BCUT2D eigenvalue weighted by atomic mass is 16.3. The molecule has 0 spiro atoms. The van der Waals surface area contributed by atoms with Gasteiger partial charge in [-0.3, -0.25) is 4.79 Å². The van der Waals surface area contributed by atoms with Gasteiger partial charge in [0.25, 0.3) is 5.91 Å². The van der Waals surface area contributed by atoms with Crippen molar-refractivity contribution in [3.8, 4) is 0 Å². The number of rotatable bonds is 2. The van der Waals surface area contributed by atoms with Crippen LogP contribution in [-0.2, 0) is 0 Å².